The molecule has 0 aliphatic heterocycles. The number of carbonyl (C=O) groups excluding carboxylic acids is 1. The summed E-state index contributed by atoms with van der Waals surface area (Å²) in [4.78, 5) is 12.2. The molecule has 3 rings (SSSR count). The molecule has 0 unspecified atom stereocenters. The van der Waals surface area contributed by atoms with E-state index in [9.17, 15) is 10.1 Å². The lowest BCUT2D eigenvalue weighted by Crippen LogP contribution is -2.18. The summed E-state index contributed by atoms with van der Waals surface area (Å²) in [7, 11) is 1.47. The quantitative estimate of drug-likeness (QED) is 0.175. The van der Waals surface area contributed by atoms with Crippen molar-refractivity contribution in [1.82, 2.24) is 0 Å². The maximum absolute atomic E-state index is 12.2. The van der Waals surface area contributed by atoms with Crippen molar-refractivity contribution in [1.29, 1.82) is 5.26 Å². The molecule has 0 fully saturated rings. The minimum Gasteiger partial charge on any atom is -0.493 e. The molecular weight excluding hydrogens is 449 g/mol. The van der Waals surface area contributed by atoms with Crippen LogP contribution < -0.4 is 14.2 Å². The molecule has 3 aromatic rings. The summed E-state index contributed by atoms with van der Waals surface area (Å²) >= 11 is 11.9. The van der Waals surface area contributed by atoms with Crippen LogP contribution in [0.25, 0.3) is 11.6 Å². The number of benzene rings is 3. The van der Waals surface area contributed by atoms with E-state index in [0.717, 1.165) is 11.1 Å². The molecule has 162 valence electrons. The van der Waals surface area contributed by atoms with Gasteiger partial charge >= 0.3 is 5.97 Å². The fourth-order valence-corrected chi connectivity index (χ4v) is 3.08. The molecule has 0 atom stereocenters. The third kappa shape index (κ3) is 6.04. The zero-order chi connectivity index (χ0) is 23.1. The predicted octanol–water partition coefficient (Wildman–Crippen LogP) is 6.36. The molecule has 5 nitrogen and oxygen atoms in total. The molecule has 7 heteroatoms. The number of rotatable bonds is 7. The second kappa shape index (κ2) is 10.7. The van der Waals surface area contributed by atoms with Crippen molar-refractivity contribution >= 4 is 40.8 Å². The Morgan fingerprint density at radius 2 is 1.78 bits per heavy atom. The summed E-state index contributed by atoms with van der Waals surface area (Å²) in [5.41, 5.74) is 2.75. The van der Waals surface area contributed by atoms with E-state index in [1.807, 2.05) is 6.92 Å². The minimum absolute atomic E-state index is 0.246. The first-order valence-corrected chi connectivity index (χ1v) is 10.3. The van der Waals surface area contributed by atoms with E-state index in [4.69, 9.17) is 37.4 Å². The molecule has 32 heavy (non-hydrogen) atoms. The van der Waals surface area contributed by atoms with E-state index in [2.05, 4.69) is 6.07 Å². The molecule has 0 aliphatic rings. The van der Waals surface area contributed by atoms with Gasteiger partial charge in [-0.2, -0.15) is 5.26 Å². The number of methoxy groups -OCH3 is 1. The predicted molar refractivity (Wildman–Crippen MR) is 125 cm³/mol. The zero-order valence-corrected chi connectivity index (χ0v) is 18.9. The number of esters is 1. The number of allylic oxidation sites excluding steroid dienone is 1. The van der Waals surface area contributed by atoms with E-state index in [-0.39, 0.29) is 12.4 Å². The van der Waals surface area contributed by atoms with Crippen LogP contribution in [0.15, 0.2) is 60.7 Å². The normalized spacial score (nSPS) is 10.9. The first-order chi connectivity index (χ1) is 15.4. The van der Waals surface area contributed by atoms with Crippen LogP contribution in [0.2, 0.25) is 10.0 Å². The van der Waals surface area contributed by atoms with Crippen LogP contribution in [0, 0.1) is 18.3 Å². The van der Waals surface area contributed by atoms with Crippen molar-refractivity contribution in [3.05, 3.63) is 87.4 Å². The summed E-state index contributed by atoms with van der Waals surface area (Å²) < 4.78 is 16.2. The lowest BCUT2D eigenvalue weighted by atomic mass is 10.0. The molecule has 0 heterocycles. The van der Waals surface area contributed by atoms with Crippen molar-refractivity contribution in [2.24, 2.45) is 0 Å². The molecule has 0 saturated carbocycles. The molecule has 0 aromatic heterocycles. The third-order valence-corrected chi connectivity index (χ3v) is 5.16. The molecule has 0 aliphatic carbocycles. The van der Waals surface area contributed by atoms with Gasteiger partial charge < -0.3 is 14.2 Å². The molecule has 0 amide bonds. The number of carbonyl (C=O) groups is 1. The van der Waals surface area contributed by atoms with E-state index in [1.165, 1.54) is 7.11 Å². The molecule has 0 bridgehead atoms. The zero-order valence-electron chi connectivity index (χ0n) is 17.4. The highest BCUT2D eigenvalue weighted by molar-refractivity contribution is 6.31. The molecule has 0 spiro atoms. The molecule has 0 saturated heterocycles. The van der Waals surface area contributed by atoms with Crippen molar-refractivity contribution < 1.29 is 19.0 Å². The molecular formula is C25H19Cl2NO4. The maximum atomic E-state index is 12.2. The van der Waals surface area contributed by atoms with Gasteiger partial charge in [0.2, 0.25) is 0 Å². The molecule has 3 aromatic carbocycles. The van der Waals surface area contributed by atoms with E-state index in [0.29, 0.717) is 32.7 Å². The average molecular weight is 468 g/mol. The number of halogens is 2. The van der Waals surface area contributed by atoms with Gasteiger partial charge in [-0.05, 0) is 72.2 Å². The van der Waals surface area contributed by atoms with Gasteiger partial charge in [-0.15, -0.1) is 0 Å². The van der Waals surface area contributed by atoms with Crippen LogP contribution in [-0.2, 0) is 4.79 Å². The van der Waals surface area contributed by atoms with Crippen molar-refractivity contribution in [2.75, 3.05) is 13.7 Å². The highest BCUT2D eigenvalue weighted by atomic mass is 35.5. The van der Waals surface area contributed by atoms with E-state index >= 15 is 0 Å². The standard InChI is InChI=1S/C25H19Cl2NO4/c1-16-11-21(8-9-22(16)27)31-15-25(29)32-23-10-3-17(13-24(23)30-2)12-19(14-28)18-4-6-20(26)7-5-18/h3-13H,15H2,1-2H3/b19-12+. The van der Waals surface area contributed by atoms with Crippen molar-refractivity contribution in [3.8, 4) is 23.3 Å². The van der Waals surface area contributed by atoms with Crippen molar-refractivity contribution in [3.63, 3.8) is 0 Å². The van der Waals surface area contributed by atoms with E-state index < -0.39 is 5.97 Å². The van der Waals surface area contributed by atoms with Crippen LogP contribution in [0.3, 0.4) is 0 Å². The van der Waals surface area contributed by atoms with Gasteiger partial charge in [-0.3, -0.25) is 0 Å². The first kappa shape index (κ1) is 23.2. The smallest absolute Gasteiger partial charge is 0.349 e. The maximum Gasteiger partial charge on any atom is 0.349 e. The van der Waals surface area contributed by atoms with Crippen LogP contribution >= 0.6 is 23.2 Å². The topological polar surface area (TPSA) is 68.5 Å². The van der Waals surface area contributed by atoms with Gasteiger partial charge in [0.15, 0.2) is 18.1 Å². The number of aryl methyl sites for hydroxylation is 1. The van der Waals surface area contributed by atoms with Gasteiger partial charge in [0.25, 0.3) is 0 Å². The van der Waals surface area contributed by atoms with Gasteiger partial charge in [0, 0.05) is 10.0 Å². The molecule has 0 N–H and O–H groups in total. The van der Waals surface area contributed by atoms with Gasteiger partial charge in [0.1, 0.15) is 5.75 Å². The highest BCUT2D eigenvalue weighted by Gasteiger charge is 2.12. The molecule has 0 radical (unpaired) electrons. The summed E-state index contributed by atoms with van der Waals surface area (Å²) in [5.74, 6) is 0.527. The average Bonchev–Trinajstić information content (AvgIpc) is 2.79. The number of hydrogen-bond acceptors (Lipinski definition) is 5. The first-order valence-electron chi connectivity index (χ1n) is 9.55. The van der Waals surface area contributed by atoms with Crippen LogP contribution in [0.5, 0.6) is 17.2 Å². The Bertz CT molecular complexity index is 1200. The summed E-state index contributed by atoms with van der Waals surface area (Å²) in [5, 5.41) is 10.7. The Balaban J connectivity index is 1.71. The largest absolute Gasteiger partial charge is 0.493 e. The van der Waals surface area contributed by atoms with Crippen LogP contribution in [0.4, 0.5) is 0 Å². The Hall–Kier alpha value is -3.46. The Morgan fingerprint density at radius 1 is 1.03 bits per heavy atom. The number of ether oxygens (including phenoxy) is 3. The minimum atomic E-state index is -0.585. The number of hydrogen-bond donors (Lipinski definition) is 0. The van der Waals surface area contributed by atoms with Crippen LogP contribution in [0.1, 0.15) is 16.7 Å². The van der Waals surface area contributed by atoms with Gasteiger partial charge in [-0.1, -0.05) is 41.4 Å². The SMILES string of the molecule is COc1cc(/C=C(\C#N)c2ccc(Cl)cc2)ccc1OC(=O)COc1ccc(Cl)c(C)c1. The number of nitriles is 1. The summed E-state index contributed by atoms with van der Waals surface area (Å²) in [6, 6.07) is 19.3. The highest BCUT2D eigenvalue weighted by Crippen LogP contribution is 2.30. The second-order valence-corrected chi connectivity index (χ2v) is 7.60. The van der Waals surface area contributed by atoms with Crippen LogP contribution in [-0.4, -0.2) is 19.7 Å². The third-order valence-electron chi connectivity index (χ3n) is 4.48. The Kier molecular flexibility index (Phi) is 7.77. The summed E-state index contributed by atoms with van der Waals surface area (Å²) in [6.07, 6.45) is 1.71. The number of nitrogens with zero attached hydrogens (tertiary/aromatic N) is 1. The van der Waals surface area contributed by atoms with Crippen molar-refractivity contribution in [2.45, 2.75) is 6.92 Å². The monoisotopic (exact) mass is 467 g/mol. The van der Waals surface area contributed by atoms with E-state index in [1.54, 1.807) is 66.7 Å². The fraction of sp³-hybridized carbons (Fsp3) is 0.120. The Morgan fingerprint density at radius 3 is 2.44 bits per heavy atom. The lowest BCUT2D eigenvalue weighted by Gasteiger charge is -2.11. The van der Waals surface area contributed by atoms with Gasteiger partial charge in [-0.25, -0.2) is 4.79 Å². The second-order valence-electron chi connectivity index (χ2n) is 6.76. The lowest BCUT2D eigenvalue weighted by molar-refractivity contribution is -0.136. The summed E-state index contributed by atoms with van der Waals surface area (Å²) in [6.45, 7) is 1.57. The Labute approximate surface area is 196 Å². The van der Waals surface area contributed by atoms with Gasteiger partial charge in [0.05, 0.1) is 18.8 Å². The fourth-order valence-electron chi connectivity index (χ4n) is 2.84.